The van der Waals surface area contributed by atoms with Gasteiger partial charge in [-0.05, 0) is 50.7 Å². The Bertz CT molecular complexity index is 407. The second-order valence-electron chi connectivity index (χ2n) is 6.45. The third kappa shape index (κ3) is 7.82. The number of nitrogens with zero attached hydrogens (tertiary/aromatic N) is 2. The van der Waals surface area contributed by atoms with E-state index in [0.717, 1.165) is 43.2 Å². The standard InChI is InChI=1S/C17H30ClN3/c1-14(2)13-21(11-10-20(3)4)9-8-17(19)15-6-5-7-16(18)12-15/h5-7,12,14,17H,8-11,13,19H2,1-4H3. The van der Waals surface area contributed by atoms with E-state index < -0.39 is 0 Å². The molecule has 0 amide bonds. The molecule has 0 heterocycles. The topological polar surface area (TPSA) is 32.5 Å². The molecule has 0 aromatic heterocycles. The van der Waals surface area contributed by atoms with Crippen molar-refractivity contribution in [2.24, 2.45) is 11.7 Å². The highest BCUT2D eigenvalue weighted by molar-refractivity contribution is 6.30. The average Bonchev–Trinajstić information content (AvgIpc) is 2.40. The van der Waals surface area contributed by atoms with Crippen LogP contribution in [0.3, 0.4) is 0 Å². The summed E-state index contributed by atoms with van der Waals surface area (Å²) >= 11 is 6.03. The van der Waals surface area contributed by atoms with Crippen molar-refractivity contribution in [2.45, 2.75) is 26.3 Å². The fraction of sp³-hybridized carbons (Fsp3) is 0.647. The summed E-state index contributed by atoms with van der Waals surface area (Å²) < 4.78 is 0. The molecule has 0 aliphatic heterocycles. The van der Waals surface area contributed by atoms with Crippen LogP contribution in [0.15, 0.2) is 24.3 Å². The molecule has 0 spiro atoms. The maximum atomic E-state index is 6.30. The third-order valence-electron chi connectivity index (χ3n) is 3.52. The van der Waals surface area contributed by atoms with E-state index in [-0.39, 0.29) is 6.04 Å². The van der Waals surface area contributed by atoms with Gasteiger partial charge in [-0.15, -0.1) is 0 Å². The van der Waals surface area contributed by atoms with Crippen molar-refractivity contribution in [3.8, 4) is 0 Å². The molecule has 1 aromatic carbocycles. The number of likely N-dealkylation sites (N-methyl/N-ethyl adjacent to an activating group) is 1. The van der Waals surface area contributed by atoms with Crippen LogP contribution in [0, 0.1) is 5.92 Å². The lowest BCUT2D eigenvalue weighted by Crippen LogP contribution is -2.36. The van der Waals surface area contributed by atoms with Gasteiger partial charge in [0.2, 0.25) is 0 Å². The van der Waals surface area contributed by atoms with Gasteiger partial charge in [0.25, 0.3) is 0 Å². The lowest BCUT2D eigenvalue weighted by molar-refractivity contribution is 0.212. The molecule has 0 aliphatic carbocycles. The van der Waals surface area contributed by atoms with E-state index in [0.29, 0.717) is 5.92 Å². The Morgan fingerprint density at radius 2 is 1.86 bits per heavy atom. The van der Waals surface area contributed by atoms with Crippen LogP contribution >= 0.6 is 11.6 Å². The molecule has 1 atom stereocenters. The minimum atomic E-state index is 0.0534. The van der Waals surface area contributed by atoms with E-state index in [4.69, 9.17) is 17.3 Å². The Balaban J connectivity index is 2.50. The summed E-state index contributed by atoms with van der Waals surface area (Å²) in [4.78, 5) is 4.74. The fourth-order valence-electron chi connectivity index (χ4n) is 2.38. The van der Waals surface area contributed by atoms with Gasteiger partial charge in [0.05, 0.1) is 0 Å². The van der Waals surface area contributed by atoms with Crippen molar-refractivity contribution in [1.82, 2.24) is 9.80 Å². The first kappa shape index (κ1) is 18.4. The van der Waals surface area contributed by atoms with E-state index in [1.165, 1.54) is 0 Å². The van der Waals surface area contributed by atoms with Gasteiger partial charge >= 0.3 is 0 Å². The zero-order valence-electron chi connectivity index (χ0n) is 13.8. The van der Waals surface area contributed by atoms with E-state index in [9.17, 15) is 0 Å². The maximum absolute atomic E-state index is 6.30. The molecule has 0 fully saturated rings. The van der Waals surface area contributed by atoms with Crippen molar-refractivity contribution < 1.29 is 0 Å². The first-order valence-electron chi connectivity index (χ1n) is 7.76. The molecule has 1 rings (SSSR count). The Morgan fingerprint density at radius 1 is 1.14 bits per heavy atom. The highest BCUT2D eigenvalue weighted by atomic mass is 35.5. The number of hydrogen-bond acceptors (Lipinski definition) is 3. The van der Waals surface area contributed by atoms with Crippen LogP contribution in [0.4, 0.5) is 0 Å². The molecule has 0 aliphatic rings. The minimum absolute atomic E-state index is 0.0534. The predicted octanol–water partition coefficient (Wildman–Crippen LogP) is 3.25. The van der Waals surface area contributed by atoms with Crippen LogP contribution in [0.5, 0.6) is 0 Å². The van der Waals surface area contributed by atoms with Gasteiger partial charge in [-0.2, -0.15) is 0 Å². The molecule has 0 saturated heterocycles. The number of rotatable bonds is 9. The minimum Gasteiger partial charge on any atom is -0.324 e. The van der Waals surface area contributed by atoms with Crippen LogP contribution in [0.2, 0.25) is 5.02 Å². The Labute approximate surface area is 135 Å². The summed E-state index contributed by atoms with van der Waals surface area (Å²) in [7, 11) is 4.23. The van der Waals surface area contributed by atoms with Crippen LogP contribution in [-0.4, -0.2) is 50.1 Å². The van der Waals surface area contributed by atoms with Crippen LogP contribution in [-0.2, 0) is 0 Å². The Hall–Kier alpha value is -0.610. The van der Waals surface area contributed by atoms with E-state index in [1.807, 2.05) is 18.2 Å². The lowest BCUT2D eigenvalue weighted by atomic mass is 10.0. The first-order valence-corrected chi connectivity index (χ1v) is 8.14. The average molecular weight is 312 g/mol. The lowest BCUT2D eigenvalue weighted by Gasteiger charge is -2.27. The Morgan fingerprint density at radius 3 is 2.43 bits per heavy atom. The maximum Gasteiger partial charge on any atom is 0.0409 e. The predicted molar refractivity (Wildman–Crippen MR) is 92.8 cm³/mol. The Kier molecular flexibility index (Phi) is 8.27. The van der Waals surface area contributed by atoms with Gasteiger partial charge in [-0.25, -0.2) is 0 Å². The normalized spacial score (nSPS) is 13.4. The second kappa shape index (κ2) is 9.42. The summed E-state index contributed by atoms with van der Waals surface area (Å²) in [5.74, 6) is 0.676. The highest BCUT2D eigenvalue weighted by Crippen LogP contribution is 2.19. The summed E-state index contributed by atoms with van der Waals surface area (Å²) in [6, 6.07) is 7.94. The van der Waals surface area contributed by atoms with Gasteiger partial charge in [-0.3, -0.25) is 0 Å². The highest BCUT2D eigenvalue weighted by Gasteiger charge is 2.12. The molecule has 0 bridgehead atoms. The summed E-state index contributed by atoms with van der Waals surface area (Å²) in [5.41, 5.74) is 7.43. The summed E-state index contributed by atoms with van der Waals surface area (Å²) in [6.07, 6.45) is 0.959. The molecule has 1 unspecified atom stereocenters. The summed E-state index contributed by atoms with van der Waals surface area (Å²) in [6.45, 7) is 8.85. The van der Waals surface area contributed by atoms with Crippen molar-refractivity contribution >= 4 is 11.6 Å². The smallest absolute Gasteiger partial charge is 0.0409 e. The van der Waals surface area contributed by atoms with Crippen molar-refractivity contribution in [3.63, 3.8) is 0 Å². The first-order chi connectivity index (χ1) is 9.88. The van der Waals surface area contributed by atoms with Gasteiger partial charge in [-0.1, -0.05) is 37.6 Å². The van der Waals surface area contributed by atoms with Gasteiger partial charge in [0.15, 0.2) is 0 Å². The third-order valence-corrected chi connectivity index (χ3v) is 3.76. The molecular weight excluding hydrogens is 282 g/mol. The number of hydrogen-bond donors (Lipinski definition) is 1. The SMILES string of the molecule is CC(C)CN(CCC(N)c1cccc(Cl)c1)CCN(C)C. The quantitative estimate of drug-likeness (QED) is 0.760. The monoisotopic (exact) mass is 311 g/mol. The fourth-order valence-corrected chi connectivity index (χ4v) is 2.58. The van der Waals surface area contributed by atoms with E-state index in [2.05, 4.69) is 43.8 Å². The molecule has 21 heavy (non-hydrogen) atoms. The van der Waals surface area contributed by atoms with Crippen molar-refractivity contribution in [3.05, 3.63) is 34.9 Å². The largest absolute Gasteiger partial charge is 0.324 e. The molecule has 3 nitrogen and oxygen atoms in total. The molecule has 0 saturated carbocycles. The molecular formula is C17H30ClN3. The van der Waals surface area contributed by atoms with Gasteiger partial charge < -0.3 is 15.5 Å². The molecule has 1 aromatic rings. The number of halogens is 1. The van der Waals surface area contributed by atoms with Crippen molar-refractivity contribution in [2.75, 3.05) is 40.3 Å². The zero-order chi connectivity index (χ0) is 15.8. The van der Waals surface area contributed by atoms with Crippen LogP contribution in [0.25, 0.3) is 0 Å². The van der Waals surface area contributed by atoms with Gasteiger partial charge in [0.1, 0.15) is 0 Å². The van der Waals surface area contributed by atoms with E-state index in [1.54, 1.807) is 0 Å². The van der Waals surface area contributed by atoms with Crippen LogP contribution in [0.1, 0.15) is 31.9 Å². The van der Waals surface area contributed by atoms with E-state index >= 15 is 0 Å². The molecule has 4 heteroatoms. The second-order valence-corrected chi connectivity index (χ2v) is 6.88. The number of nitrogens with two attached hydrogens (primary N) is 1. The molecule has 120 valence electrons. The zero-order valence-corrected chi connectivity index (χ0v) is 14.6. The molecule has 0 radical (unpaired) electrons. The van der Waals surface area contributed by atoms with Crippen molar-refractivity contribution in [1.29, 1.82) is 0 Å². The molecule has 2 N–H and O–H groups in total. The summed E-state index contributed by atoms with van der Waals surface area (Å²) in [5, 5.41) is 0.759. The van der Waals surface area contributed by atoms with Crippen LogP contribution < -0.4 is 5.73 Å². The van der Waals surface area contributed by atoms with Gasteiger partial charge in [0, 0.05) is 30.7 Å². The number of benzene rings is 1.